The lowest BCUT2D eigenvalue weighted by atomic mass is 10.1. The average Bonchev–Trinajstić information content (AvgIpc) is 2.42. The fourth-order valence-corrected chi connectivity index (χ4v) is 2.52. The second-order valence-corrected chi connectivity index (χ2v) is 5.32. The Balaban J connectivity index is 2.25. The summed E-state index contributed by atoms with van der Waals surface area (Å²) >= 11 is 1.10. The molecule has 0 saturated heterocycles. The van der Waals surface area contributed by atoms with Gasteiger partial charge in [-0.2, -0.15) is 0 Å². The van der Waals surface area contributed by atoms with Crippen LogP contribution in [0.5, 0.6) is 0 Å². The largest absolute Gasteiger partial charge is 0.313 e. The molecular weight excluding hydrogens is 264 g/mol. The van der Waals surface area contributed by atoms with Crippen molar-refractivity contribution in [2.75, 3.05) is 7.05 Å². The van der Waals surface area contributed by atoms with Crippen molar-refractivity contribution >= 4 is 11.8 Å². The predicted octanol–water partition coefficient (Wildman–Crippen LogP) is 4.40. The van der Waals surface area contributed by atoms with Gasteiger partial charge in [0.15, 0.2) is 0 Å². The van der Waals surface area contributed by atoms with Crippen molar-refractivity contribution < 1.29 is 8.78 Å². The van der Waals surface area contributed by atoms with E-state index >= 15 is 0 Å². The SMILES string of the molecule is CNC(C)c1ccc(Sc2ccccc2F)c(F)c1. The van der Waals surface area contributed by atoms with E-state index in [4.69, 9.17) is 0 Å². The molecule has 2 aromatic rings. The van der Waals surface area contributed by atoms with Crippen molar-refractivity contribution in [3.8, 4) is 0 Å². The van der Waals surface area contributed by atoms with Gasteiger partial charge in [-0.3, -0.25) is 0 Å². The van der Waals surface area contributed by atoms with Crippen molar-refractivity contribution in [1.29, 1.82) is 0 Å². The minimum Gasteiger partial charge on any atom is -0.313 e. The van der Waals surface area contributed by atoms with Gasteiger partial charge < -0.3 is 5.32 Å². The molecule has 1 atom stereocenters. The molecule has 0 heterocycles. The molecule has 19 heavy (non-hydrogen) atoms. The van der Waals surface area contributed by atoms with E-state index in [0.29, 0.717) is 9.79 Å². The summed E-state index contributed by atoms with van der Waals surface area (Å²) in [4.78, 5) is 0.855. The van der Waals surface area contributed by atoms with E-state index in [-0.39, 0.29) is 17.7 Å². The Bertz CT molecular complexity index is 572. The third-order valence-electron chi connectivity index (χ3n) is 2.95. The third kappa shape index (κ3) is 3.33. The van der Waals surface area contributed by atoms with Crippen LogP contribution in [0.4, 0.5) is 8.78 Å². The summed E-state index contributed by atoms with van der Waals surface area (Å²) in [6, 6.07) is 11.5. The number of benzene rings is 2. The first-order chi connectivity index (χ1) is 9.11. The fraction of sp³-hybridized carbons (Fsp3) is 0.200. The quantitative estimate of drug-likeness (QED) is 0.890. The van der Waals surface area contributed by atoms with Crippen molar-refractivity contribution in [1.82, 2.24) is 5.32 Å². The molecule has 1 unspecified atom stereocenters. The Labute approximate surface area is 116 Å². The first-order valence-corrected chi connectivity index (χ1v) is 6.82. The Morgan fingerprint density at radius 1 is 1.00 bits per heavy atom. The normalized spacial score (nSPS) is 12.4. The van der Waals surface area contributed by atoms with E-state index in [2.05, 4.69) is 5.32 Å². The predicted molar refractivity (Wildman–Crippen MR) is 74.4 cm³/mol. The zero-order valence-electron chi connectivity index (χ0n) is 10.8. The summed E-state index contributed by atoms with van der Waals surface area (Å²) in [6.07, 6.45) is 0. The van der Waals surface area contributed by atoms with Crippen LogP contribution in [0.25, 0.3) is 0 Å². The molecule has 0 fully saturated rings. The van der Waals surface area contributed by atoms with Crippen LogP contribution in [-0.4, -0.2) is 7.05 Å². The Kier molecular flexibility index (Phi) is 4.56. The minimum atomic E-state index is -0.334. The van der Waals surface area contributed by atoms with Crippen LogP contribution in [0.2, 0.25) is 0 Å². The average molecular weight is 279 g/mol. The highest BCUT2D eigenvalue weighted by molar-refractivity contribution is 7.99. The molecule has 0 aliphatic carbocycles. The number of rotatable bonds is 4. The Morgan fingerprint density at radius 3 is 2.32 bits per heavy atom. The maximum atomic E-state index is 14.0. The molecule has 0 saturated carbocycles. The maximum absolute atomic E-state index is 14.0. The Hall–Kier alpha value is -1.39. The van der Waals surface area contributed by atoms with Gasteiger partial charge in [-0.05, 0) is 43.8 Å². The van der Waals surface area contributed by atoms with Gasteiger partial charge in [0.2, 0.25) is 0 Å². The van der Waals surface area contributed by atoms with Crippen molar-refractivity contribution in [3.63, 3.8) is 0 Å². The number of halogens is 2. The summed E-state index contributed by atoms with van der Waals surface area (Å²) in [5, 5.41) is 3.05. The van der Waals surface area contributed by atoms with Crippen LogP contribution in [0, 0.1) is 11.6 Å². The molecule has 0 aromatic heterocycles. The lowest BCUT2D eigenvalue weighted by Crippen LogP contribution is -2.12. The number of hydrogen-bond donors (Lipinski definition) is 1. The van der Waals surface area contributed by atoms with Crippen molar-refractivity contribution in [2.24, 2.45) is 0 Å². The monoisotopic (exact) mass is 279 g/mol. The van der Waals surface area contributed by atoms with E-state index in [1.165, 1.54) is 12.1 Å². The van der Waals surface area contributed by atoms with Gasteiger partial charge in [0, 0.05) is 15.8 Å². The van der Waals surface area contributed by atoms with Crippen LogP contribution >= 0.6 is 11.8 Å². The molecule has 0 radical (unpaired) electrons. The van der Waals surface area contributed by atoms with Crippen LogP contribution in [0.3, 0.4) is 0 Å². The second-order valence-electron chi connectivity index (χ2n) is 4.23. The van der Waals surface area contributed by atoms with Crippen molar-refractivity contribution in [2.45, 2.75) is 22.8 Å². The van der Waals surface area contributed by atoms with E-state index < -0.39 is 0 Å². The van der Waals surface area contributed by atoms with Gasteiger partial charge in [0.1, 0.15) is 11.6 Å². The first-order valence-electron chi connectivity index (χ1n) is 6.01. The number of hydrogen-bond acceptors (Lipinski definition) is 2. The molecule has 1 nitrogen and oxygen atoms in total. The van der Waals surface area contributed by atoms with Gasteiger partial charge >= 0.3 is 0 Å². The topological polar surface area (TPSA) is 12.0 Å². The van der Waals surface area contributed by atoms with E-state index in [0.717, 1.165) is 17.3 Å². The molecule has 0 amide bonds. The highest BCUT2D eigenvalue weighted by Gasteiger charge is 2.10. The molecule has 100 valence electrons. The zero-order valence-corrected chi connectivity index (χ0v) is 11.6. The van der Waals surface area contributed by atoms with Gasteiger partial charge in [0.25, 0.3) is 0 Å². The molecular formula is C15H15F2NS. The molecule has 0 bridgehead atoms. The lowest BCUT2D eigenvalue weighted by Gasteiger charge is -2.12. The molecule has 4 heteroatoms. The summed E-state index contributed by atoms with van der Waals surface area (Å²) in [7, 11) is 1.82. The third-order valence-corrected chi connectivity index (χ3v) is 4.05. The summed E-state index contributed by atoms with van der Waals surface area (Å²) < 4.78 is 27.5. The zero-order chi connectivity index (χ0) is 13.8. The molecule has 2 rings (SSSR count). The fourth-order valence-electron chi connectivity index (χ4n) is 1.68. The number of nitrogens with one attached hydrogen (secondary N) is 1. The van der Waals surface area contributed by atoms with Gasteiger partial charge in [-0.1, -0.05) is 30.0 Å². The van der Waals surface area contributed by atoms with Gasteiger partial charge in [-0.15, -0.1) is 0 Å². The maximum Gasteiger partial charge on any atom is 0.137 e. The molecule has 0 aliphatic rings. The highest BCUT2D eigenvalue weighted by Crippen LogP contribution is 2.32. The highest BCUT2D eigenvalue weighted by atomic mass is 32.2. The van der Waals surface area contributed by atoms with Crippen molar-refractivity contribution in [3.05, 3.63) is 59.7 Å². The summed E-state index contributed by atoms with van der Waals surface area (Å²) in [6.45, 7) is 1.96. The first kappa shape index (κ1) is 14.0. The summed E-state index contributed by atoms with van der Waals surface area (Å²) in [5.41, 5.74) is 0.873. The van der Waals surface area contributed by atoms with E-state index in [1.54, 1.807) is 24.3 Å². The lowest BCUT2D eigenvalue weighted by molar-refractivity contribution is 0.585. The van der Waals surface area contributed by atoms with Crippen LogP contribution in [0.1, 0.15) is 18.5 Å². The smallest absolute Gasteiger partial charge is 0.137 e. The van der Waals surface area contributed by atoms with E-state index in [9.17, 15) is 8.78 Å². The summed E-state index contributed by atoms with van der Waals surface area (Å²) in [5.74, 6) is -0.660. The standard InChI is InChI=1S/C15H15F2NS/c1-10(18-2)11-7-8-15(13(17)9-11)19-14-6-4-3-5-12(14)16/h3-10,18H,1-2H3. The van der Waals surface area contributed by atoms with Crippen LogP contribution < -0.4 is 5.32 Å². The molecule has 2 aromatic carbocycles. The molecule has 0 aliphatic heterocycles. The van der Waals surface area contributed by atoms with Gasteiger partial charge in [-0.25, -0.2) is 8.78 Å². The molecule has 1 N–H and O–H groups in total. The van der Waals surface area contributed by atoms with Gasteiger partial charge in [0.05, 0.1) is 0 Å². The van der Waals surface area contributed by atoms with Crippen LogP contribution in [0.15, 0.2) is 52.3 Å². The minimum absolute atomic E-state index is 0.0852. The Morgan fingerprint density at radius 2 is 1.68 bits per heavy atom. The van der Waals surface area contributed by atoms with Crippen LogP contribution in [-0.2, 0) is 0 Å². The van der Waals surface area contributed by atoms with E-state index in [1.807, 2.05) is 20.0 Å². The molecule has 0 spiro atoms. The second kappa shape index (κ2) is 6.17.